The molecular formula is C11H19N. The van der Waals surface area contributed by atoms with Crippen molar-refractivity contribution in [2.75, 3.05) is 6.54 Å². The molecule has 4 saturated carbocycles. The molecule has 4 aliphatic carbocycles. The molecule has 0 aromatic rings. The predicted octanol–water partition coefficient (Wildman–Crippen LogP) is 2.02. The van der Waals surface area contributed by atoms with Crippen LogP contribution in [0, 0.1) is 29.6 Å². The van der Waals surface area contributed by atoms with E-state index in [1.54, 1.807) is 6.42 Å². The number of nitrogens with two attached hydrogens (primary N) is 1. The van der Waals surface area contributed by atoms with Crippen LogP contribution in [0.2, 0.25) is 0 Å². The van der Waals surface area contributed by atoms with Crippen molar-refractivity contribution in [1.29, 1.82) is 0 Å². The zero-order valence-electron chi connectivity index (χ0n) is 7.71. The summed E-state index contributed by atoms with van der Waals surface area (Å²) in [5.41, 5.74) is 5.85. The highest BCUT2D eigenvalue weighted by atomic mass is 14.6. The van der Waals surface area contributed by atoms with Crippen LogP contribution in [0.25, 0.3) is 0 Å². The molecule has 68 valence electrons. The standard InChI is InChI=1S/C11H19N/c12-6-11-9-2-7-1-8(4-9)5-10(11)3-7/h7-11H,1-6,12H2. The second-order valence-corrected chi connectivity index (χ2v) is 5.33. The topological polar surface area (TPSA) is 26.0 Å². The Morgan fingerprint density at radius 3 is 1.75 bits per heavy atom. The molecule has 2 N–H and O–H groups in total. The fourth-order valence-electron chi connectivity index (χ4n) is 4.42. The lowest BCUT2D eigenvalue weighted by molar-refractivity contribution is -0.0322. The van der Waals surface area contributed by atoms with Crippen molar-refractivity contribution < 1.29 is 0 Å². The van der Waals surface area contributed by atoms with Gasteiger partial charge in [-0.25, -0.2) is 0 Å². The van der Waals surface area contributed by atoms with E-state index in [9.17, 15) is 0 Å². The Kier molecular flexibility index (Phi) is 1.52. The van der Waals surface area contributed by atoms with Gasteiger partial charge in [0.2, 0.25) is 0 Å². The summed E-state index contributed by atoms with van der Waals surface area (Å²) in [5, 5.41) is 0. The lowest BCUT2D eigenvalue weighted by Gasteiger charge is -2.54. The lowest BCUT2D eigenvalue weighted by atomic mass is 9.52. The second-order valence-electron chi connectivity index (χ2n) is 5.33. The molecule has 0 atom stereocenters. The highest BCUT2D eigenvalue weighted by Gasteiger charge is 2.47. The fraction of sp³-hybridized carbons (Fsp3) is 1.00. The Morgan fingerprint density at radius 2 is 1.33 bits per heavy atom. The van der Waals surface area contributed by atoms with E-state index in [0.717, 1.165) is 36.1 Å². The van der Waals surface area contributed by atoms with Crippen LogP contribution in [0.4, 0.5) is 0 Å². The van der Waals surface area contributed by atoms with Gasteiger partial charge in [0, 0.05) is 0 Å². The van der Waals surface area contributed by atoms with Crippen molar-refractivity contribution >= 4 is 0 Å². The third-order valence-corrected chi connectivity index (χ3v) is 4.69. The molecule has 0 aliphatic heterocycles. The average Bonchev–Trinajstić information content (AvgIpc) is 2.02. The highest BCUT2D eigenvalue weighted by molar-refractivity contribution is 4.98. The minimum atomic E-state index is 0.915. The molecule has 0 aromatic heterocycles. The molecule has 4 rings (SSSR count). The Bertz CT molecular complexity index is 159. The summed E-state index contributed by atoms with van der Waals surface area (Å²) >= 11 is 0. The maximum Gasteiger partial charge on any atom is -0.00436 e. The summed E-state index contributed by atoms with van der Waals surface area (Å²) in [6, 6.07) is 0. The Labute approximate surface area is 74.7 Å². The Hall–Kier alpha value is -0.0400. The van der Waals surface area contributed by atoms with Gasteiger partial charge < -0.3 is 5.73 Å². The molecule has 1 nitrogen and oxygen atoms in total. The Balaban J connectivity index is 1.86. The molecule has 12 heavy (non-hydrogen) atoms. The minimum absolute atomic E-state index is 0.915. The van der Waals surface area contributed by atoms with Crippen molar-refractivity contribution in [2.45, 2.75) is 32.1 Å². The number of hydrogen-bond donors (Lipinski definition) is 1. The third kappa shape index (κ3) is 0.891. The van der Waals surface area contributed by atoms with E-state index in [1.807, 2.05) is 0 Å². The van der Waals surface area contributed by atoms with Crippen molar-refractivity contribution in [3.8, 4) is 0 Å². The van der Waals surface area contributed by atoms with Gasteiger partial charge >= 0.3 is 0 Å². The van der Waals surface area contributed by atoms with E-state index < -0.39 is 0 Å². The molecule has 0 saturated heterocycles. The molecule has 4 aliphatic rings. The first kappa shape index (κ1) is 7.37. The molecule has 0 unspecified atom stereocenters. The van der Waals surface area contributed by atoms with Gasteiger partial charge in [-0.2, -0.15) is 0 Å². The van der Waals surface area contributed by atoms with Gasteiger partial charge in [0.05, 0.1) is 0 Å². The highest BCUT2D eigenvalue weighted by Crippen LogP contribution is 2.56. The van der Waals surface area contributed by atoms with E-state index >= 15 is 0 Å². The molecule has 0 heterocycles. The van der Waals surface area contributed by atoms with Gasteiger partial charge in [-0.05, 0) is 68.2 Å². The zero-order chi connectivity index (χ0) is 8.13. The fourth-order valence-corrected chi connectivity index (χ4v) is 4.42. The first-order valence-electron chi connectivity index (χ1n) is 5.57. The van der Waals surface area contributed by atoms with Crippen LogP contribution in [0.3, 0.4) is 0 Å². The largest absolute Gasteiger partial charge is 0.330 e. The molecule has 1 heteroatoms. The average molecular weight is 165 g/mol. The van der Waals surface area contributed by atoms with E-state index in [2.05, 4.69) is 0 Å². The number of hydrogen-bond acceptors (Lipinski definition) is 1. The van der Waals surface area contributed by atoms with Gasteiger partial charge in [-0.3, -0.25) is 0 Å². The predicted molar refractivity (Wildman–Crippen MR) is 49.6 cm³/mol. The first-order valence-corrected chi connectivity index (χ1v) is 5.57. The van der Waals surface area contributed by atoms with Gasteiger partial charge in [0.25, 0.3) is 0 Å². The quantitative estimate of drug-likeness (QED) is 0.632. The summed E-state index contributed by atoms with van der Waals surface area (Å²) in [7, 11) is 0. The smallest absolute Gasteiger partial charge is 0.00436 e. The maximum absolute atomic E-state index is 5.85. The van der Waals surface area contributed by atoms with Crippen LogP contribution in [0.5, 0.6) is 0 Å². The monoisotopic (exact) mass is 165 g/mol. The third-order valence-electron chi connectivity index (χ3n) is 4.69. The second kappa shape index (κ2) is 2.47. The molecule has 4 fully saturated rings. The van der Waals surface area contributed by atoms with Crippen LogP contribution in [0.1, 0.15) is 32.1 Å². The molecule has 4 bridgehead atoms. The van der Waals surface area contributed by atoms with Crippen molar-refractivity contribution in [2.24, 2.45) is 35.3 Å². The van der Waals surface area contributed by atoms with Crippen LogP contribution in [-0.2, 0) is 0 Å². The summed E-state index contributed by atoms with van der Waals surface area (Å²) in [6.07, 6.45) is 7.65. The van der Waals surface area contributed by atoms with E-state index in [0.29, 0.717) is 0 Å². The molecular weight excluding hydrogens is 146 g/mol. The lowest BCUT2D eigenvalue weighted by Crippen LogP contribution is -2.47. The van der Waals surface area contributed by atoms with Crippen molar-refractivity contribution in [1.82, 2.24) is 0 Å². The summed E-state index contributed by atoms with van der Waals surface area (Å²) in [6.45, 7) is 0.967. The SMILES string of the molecule is NCC1C2CC3CC(C2)CC1C3. The van der Waals surface area contributed by atoms with E-state index in [1.165, 1.54) is 25.7 Å². The van der Waals surface area contributed by atoms with Gasteiger partial charge in [-0.1, -0.05) is 0 Å². The molecule has 0 aromatic carbocycles. The first-order chi connectivity index (χ1) is 5.86. The molecule has 0 spiro atoms. The van der Waals surface area contributed by atoms with Crippen LogP contribution >= 0.6 is 0 Å². The van der Waals surface area contributed by atoms with E-state index in [-0.39, 0.29) is 0 Å². The van der Waals surface area contributed by atoms with Crippen molar-refractivity contribution in [3.05, 3.63) is 0 Å². The van der Waals surface area contributed by atoms with E-state index in [4.69, 9.17) is 5.73 Å². The summed E-state index contributed by atoms with van der Waals surface area (Å²) < 4.78 is 0. The maximum atomic E-state index is 5.85. The normalized spacial score (nSPS) is 56.2. The van der Waals surface area contributed by atoms with Crippen molar-refractivity contribution in [3.63, 3.8) is 0 Å². The van der Waals surface area contributed by atoms with Crippen LogP contribution in [0.15, 0.2) is 0 Å². The zero-order valence-corrected chi connectivity index (χ0v) is 7.71. The molecule has 0 radical (unpaired) electrons. The summed E-state index contributed by atoms with van der Waals surface area (Å²) in [4.78, 5) is 0. The number of rotatable bonds is 1. The molecule has 0 amide bonds. The van der Waals surface area contributed by atoms with Crippen LogP contribution in [-0.4, -0.2) is 6.54 Å². The van der Waals surface area contributed by atoms with Gasteiger partial charge in [-0.15, -0.1) is 0 Å². The minimum Gasteiger partial charge on any atom is -0.330 e. The summed E-state index contributed by atoms with van der Waals surface area (Å²) in [5.74, 6) is 5.20. The van der Waals surface area contributed by atoms with Gasteiger partial charge in [0.15, 0.2) is 0 Å². The Morgan fingerprint density at radius 1 is 0.833 bits per heavy atom. The van der Waals surface area contributed by atoms with Crippen LogP contribution < -0.4 is 5.73 Å². The van der Waals surface area contributed by atoms with Gasteiger partial charge in [0.1, 0.15) is 0 Å².